The predicted molar refractivity (Wildman–Crippen MR) is 96.5 cm³/mol. The molecule has 1 rings (SSSR count). The molecule has 1 aromatic carbocycles. The van der Waals surface area contributed by atoms with Crippen LogP contribution >= 0.6 is 0 Å². The van der Waals surface area contributed by atoms with Gasteiger partial charge in [-0.15, -0.1) is 10.2 Å². The summed E-state index contributed by atoms with van der Waals surface area (Å²) in [5.41, 5.74) is 17.6. The molecule has 0 aromatic heterocycles. The maximum atomic E-state index is 5.82. The molecule has 0 aliphatic rings. The van der Waals surface area contributed by atoms with E-state index in [0.29, 0.717) is 31.5 Å². The van der Waals surface area contributed by atoms with Gasteiger partial charge < -0.3 is 21.9 Å². The van der Waals surface area contributed by atoms with Gasteiger partial charge >= 0.3 is 0 Å². The van der Waals surface area contributed by atoms with Crippen LogP contribution in [0.5, 0.6) is 5.75 Å². The Hall–Kier alpha value is -2.16. The Morgan fingerprint density at radius 2 is 1.79 bits per heavy atom. The molecular formula is C16H28N6O2. The lowest BCUT2D eigenvalue weighted by molar-refractivity contribution is -0.189. The van der Waals surface area contributed by atoms with E-state index in [0.717, 1.165) is 5.56 Å². The predicted octanol–water partition coefficient (Wildman–Crippen LogP) is 0.869. The van der Waals surface area contributed by atoms with Crippen LogP contribution in [0.25, 0.3) is 0 Å². The fraction of sp³-hybridized carbons (Fsp3) is 0.500. The first-order valence-electron chi connectivity index (χ1n) is 7.64. The molecule has 8 heteroatoms. The fourth-order valence-electron chi connectivity index (χ4n) is 1.46. The number of rotatable bonds is 9. The van der Waals surface area contributed by atoms with Crippen LogP contribution in [0.3, 0.4) is 0 Å². The highest BCUT2D eigenvalue weighted by Crippen LogP contribution is 2.15. The molecule has 0 saturated carbocycles. The van der Waals surface area contributed by atoms with Crippen molar-refractivity contribution in [2.45, 2.75) is 20.8 Å². The van der Waals surface area contributed by atoms with Gasteiger partial charge in [0.2, 0.25) is 0 Å². The molecule has 0 fully saturated rings. The normalized spacial score (nSPS) is 13.4. The van der Waals surface area contributed by atoms with Crippen LogP contribution in [0.2, 0.25) is 0 Å². The van der Waals surface area contributed by atoms with E-state index in [1.807, 2.05) is 13.8 Å². The number of ether oxygens (including phenoxy) is 1. The summed E-state index contributed by atoms with van der Waals surface area (Å²) in [6.07, 6.45) is 0. The smallest absolute Gasteiger partial charge is 0.163 e. The topological polar surface area (TPSA) is 124 Å². The Bertz CT molecular complexity index is 564. The molecule has 0 atom stereocenters. The Labute approximate surface area is 143 Å². The molecule has 0 spiro atoms. The van der Waals surface area contributed by atoms with Crippen LogP contribution in [-0.4, -0.2) is 43.7 Å². The molecule has 0 unspecified atom stereocenters. The van der Waals surface area contributed by atoms with Crippen molar-refractivity contribution in [3.05, 3.63) is 29.8 Å². The molecule has 24 heavy (non-hydrogen) atoms. The first kappa shape index (κ1) is 19.9. The van der Waals surface area contributed by atoms with Gasteiger partial charge in [0.1, 0.15) is 11.6 Å². The second kappa shape index (κ2) is 9.21. The second-order valence-corrected chi connectivity index (χ2v) is 6.29. The van der Waals surface area contributed by atoms with Crippen molar-refractivity contribution in [1.29, 1.82) is 0 Å². The van der Waals surface area contributed by atoms with Gasteiger partial charge in [0.05, 0.1) is 6.61 Å². The maximum Gasteiger partial charge on any atom is 0.163 e. The summed E-state index contributed by atoms with van der Waals surface area (Å²) in [4.78, 5) is 5.60. The van der Waals surface area contributed by atoms with Gasteiger partial charge in [0.15, 0.2) is 12.6 Å². The van der Waals surface area contributed by atoms with E-state index in [1.165, 1.54) is 0 Å². The zero-order chi connectivity index (χ0) is 18.2. The van der Waals surface area contributed by atoms with E-state index in [4.69, 9.17) is 26.8 Å². The van der Waals surface area contributed by atoms with Crippen molar-refractivity contribution in [3.63, 3.8) is 0 Å². The highest BCUT2D eigenvalue weighted by Gasteiger charge is 2.17. The Kier molecular flexibility index (Phi) is 7.63. The average Bonchev–Trinajstić information content (AvgIpc) is 2.56. The summed E-state index contributed by atoms with van der Waals surface area (Å²) >= 11 is 0. The quantitative estimate of drug-likeness (QED) is 0.266. The van der Waals surface area contributed by atoms with Gasteiger partial charge in [-0.2, -0.15) is 5.06 Å². The van der Waals surface area contributed by atoms with Gasteiger partial charge in [0, 0.05) is 18.0 Å². The summed E-state index contributed by atoms with van der Waals surface area (Å²) in [5, 5.41) is 9.18. The first-order chi connectivity index (χ1) is 11.2. The van der Waals surface area contributed by atoms with E-state index in [2.05, 4.69) is 10.2 Å². The lowest BCUT2D eigenvalue weighted by Gasteiger charge is -2.25. The fourth-order valence-corrected chi connectivity index (χ4v) is 1.46. The molecular weight excluding hydrogens is 308 g/mol. The molecule has 0 aliphatic heterocycles. The second-order valence-electron chi connectivity index (χ2n) is 6.29. The Morgan fingerprint density at radius 3 is 2.33 bits per heavy atom. The highest BCUT2D eigenvalue weighted by atomic mass is 16.7. The van der Waals surface area contributed by atoms with Gasteiger partial charge in [0.25, 0.3) is 0 Å². The van der Waals surface area contributed by atoms with Crippen LogP contribution < -0.4 is 21.9 Å². The molecule has 0 radical (unpaired) electrons. The van der Waals surface area contributed by atoms with Crippen molar-refractivity contribution >= 4 is 11.7 Å². The molecule has 0 heterocycles. The minimum Gasteiger partial charge on any atom is -0.476 e. The van der Waals surface area contributed by atoms with E-state index in [9.17, 15) is 0 Å². The van der Waals surface area contributed by atoms with Crippen molar-refractivity contribution < 1.29 is 9.57 Å². The van der Waals surface area contributed by atoms with Crippen molar-refractivity contribution in [2.24, 2.45) is 32.8 Å². The first-order valence-corrected chi connectivity index (χ1v) is 7.64. The Morgan fingerprint density at radius 1 is 1.17 bits per heavy atom. The van der Waals surface area contributed by atoms with Gasteiger partial charge in [-0.05, 0) is 37.7 Å². The lowest BCUT2D eigenvalue weighted by Crippen LogP contribution is -2.34. The molecule has 0 amide bonds. The summed E-state index contributed by atoms with van der Waals surface area (Å²) in [5.74, 6) is 1.33. The van der Waals surface area contributed by atoms with Crippen molar-refractivity contribution in [1.82, 2.24) is 5.06 Å². The number of nitrogens with two attached hydrogens (primary N) is 3. The Balaban J connectivity index is 2.50. The maximum absolute atomic E-state index is 5.82. The van der Waals surface area contributed by atoms with Crippen LogP contribution in [-0.2, 0) is 4.84 Å². The molecule has 0 saturated heterocycles. The highest BCUT2D eigenvalue weighted by molar-refractivity contribution is 5.97. The summed E-state index contributed by atoms with van der Waals surface area (Å²) < 4.78 is 5.64. The lowest BCUT2D eigenvalue weighted by atomic mass is 9.96. The zero-order valence-electron chi connectivity index (χ0n) is 14.8. The standard InChI is InChI=1S/C16H28N6O2/c1-12(18)20-21-15(19)13-5-7-14(8-6-13)23-11-22(4)24-10-16(2,3)9-17/h5-8H,9-11,17H2,1-4H3,(H2,18,20)(H2,19,21). The number of amidine groups is 2. The van der Waals surface area contributed by atoms with E-state index in [1.54, 1.807) is 43.3 Å². The number of hydrogen-bond acceptors (Lipinski definition) is 6. The summed E-state index contributed by atoms with van der Waals surface area (Å²) in [6, 6.07) is 7.20. The van der Waals surface area contributed by atoms with Crippen molar-refractivity contribution in [2.75, 3.05) is 26.9 Å². The van der Waals surface area contributed by atoms with Crippen LogP contribution in [0.15, 0.2) is 34.5 Å². The molecule has 0 aliphatic carbocycles. The largest absolute Gasteiger partial charge is 0.476 e. The monoisotopic (exact) mass is 336 g/mol. The summed E-state index contributed by atoms with van der Waals surface area (Å²) in [7, 11) is 1.80. The van der Waals surface area contributed by atoms with Gasteiger partial charge in [-0.25, -0.2) is 0 Å². The van der Waals surface area contributed by atoms with E-state index >= 15 is 0 Å². The van der Waals surface area contributed by atoms with Crippen LogP contribution in [0.1, 0.15) is 26.3 Å². The number of benzene rings is 1. The average molecular weight is 336 g/mol. The molecule has 8 nitrogen and oxygen atoms in total. The van der Waals surface area contributed by atoms with Crippen molar-refractivity contribution in [3.8, 4) is 5.75 Å². The third-order valence-corrected chi connectivity index (χ3v) is 3.11. The summed E-state index contributed by atoms with van der Waals surface area (Å²) in [6.45, 7) is 7.10. The van der Waals surface area contributed by atoms with E-state index in [-0.39, 0.29) is 11.3 Å². The zero-order valence-corrected chi connectivity index (χ0v) is 14.8. The molecule has 0 bridgehead atoms. The number of nitrogens with zero attached hydrogens (tertiary/aromatic N) is 3. The third kappa shape index (κ3) is 7.40. The van der Waals surface area contributed by atoms with Gasteiger partial charge in [-0.3, -0.25) is 4.84 Å². The molecule has 1 aromatic rings. The van der Waals surface area contributed by atoms with Crippen LogP contribution in [0, 0.1) is 5.41 Å². The SMILES string of the molecule is C/C(N)=N/N=C(\N)c1ccc(OCN(C)OCC(C)(C)CN)cc1. The number of hydroxylamine groups is 2. The third-order valence-electron chi connectivity index (χ3n) is 3.11. The number of hydrogen-bond donors (Lipinski definition) is 3. The minimum atomic E-state index is -0.0723. The van der Waals surface area contributed by atoms with E-state index < -0.39 is 0 Å². The van der Waals surface area contributed by atoms with Gasteiger partial charge in [-0.1, -0.05) is 13.8 Å². The molecule has 134 valence electrons. The molecule has 6 N–H and O–H groups in total. The van der Waals surface area contributed by atoms with Crippen LogP contribution in [0.4, 0.5) is 0 Å². The minimum absolute atomic E-state index is 0.0723.